The molecule has 1 fully saturated rings. The van der Waals surface area contributed by atoms with Crippen molar-refractivity contribution >= 4 is 11.6 Å². The molecule has 1 saturated heterocycles. The number of rotatable bonds is 2. The SMILES string of the molecule is CC1CCN(C)C(CO)C(=O)N1c1cccc(F)c1. The van der Waals surface area contributed by atoms with Gasteiger partial charge in [0.2, 0.25) is 5.91 Å². The zero-order valence-electron chi connectivity index (χ0n) is 11.2. The van der Waals surface area contributed by atoms with E-state index in [0.717, 1.165) is 13.0 Å². The van der Waals surface area contributed by atoms with Gasteiger partial charge in [0, 0.05) is 18.3 Å². The van der Waals surface area contributed by atoms with E-state index in [0.29, 0.717) is 5.69 Å². The van der Waals surface area contributed by atoms with Gasteiger partial charge in [0.25, 0.3) is 0 Å². The molecule has 0 aromatic heterocycles. The molecule has 0 bridgehead atoms. The molecule has 5 heteroatoms. The Morgan fingerprint density at radius 3 is 2.84 bits per heavy atom. The van der Waals surface area contributed by atoms with Gasteiger partial charge in [-0.2, -0.15) is 0 Å². The smallest absolute Gasteiger partial charge is 0.246 e. The zero-order chi connectivity index (χ0) is 14.0. The molecule has 1 aromatic carbocycles. The van der Waals surface area contributed by atoms with Crippen LogP contribution in [0.15, 0.2) is 24.3 Å². The minimum Gasteiger partial charge on any atom is -0.394 e. The summed E-state index contributed by atoms with van der Waals surface area (Å²) in [5, 5.41) is 9.40. The first-order chi connectivity index (χ1) is 9.04. The van der Waals surface area contributed by atoms with Crippen molar-refractivity contribution in [2.24, 2.45) is 0 Å². The lowest BCUT2D eigenvalue weighted by Gasteiger charge is -2.30. The number of hydrogen-bond donors (Lipinski definition) is 1. The van der Waals surface area contributed by atoms with Crippen LogP contribution in [0, 0.1) is 5.82 Å². The molecule has 1 heterocycles. The van der Waals surface area contributed by atoms with Gasteiger partial charge in [-0.25, -0.2) is 4.39 Å². The van der Waals surface area contributed by atoms with E-state index in [-0.39, 0.29) is 24.4 Å². The number of carbonyl (C=O) groups is 1. The Morgan fingerprint density at radius 2 is 2.21 bits per heavy atom. The number of hydrogen-bond acceptors (Lipinski definition) is 3. The molecule has 1 aliphatic heterocycles. The summed E-state index contributed by atoms with van der Waals surface area (Å²) in [5.41, 5.74) is 0.547. The van der Waals surface area contributed by atoms with Gasteiger partial charge in [0.1, 0.15) is 11.9 Å². The maximum atomic E-state index is 13.3. The number of amides is 1. The molecule has 2 atom stereocenters. The topological polar surface area (TPSA) is 43.8 Å². The Morgan fingerprint density at radius 1 is 1.47 bits per heavy atom. The van der Waals surface area contributed by atoms with Gasteiger partial charge in [-0.1, -0.05) is 6.07 Å². The number of carbonyl (C=O) groups excluding carboxylic acids is 1. The largest absolute Gasteiger partial charge is 0.394 e. The van der Waals surface area contributed by atoms with E-state index in [1.165, 1.54) is 12.1 Å². The Hall–Kier alpha value is -1.46. The summed E-state index contributed by atoms with van der Waals surface area (Å²) < 4.78 is 13.3. The Balaban J connectivity index is 2.38. The fourth-order valence-corrected chi connectivity index (χ4v) is 2.47. The van der Waals surface area contributed by atoms with E-state index in [4.69, 9.17) is 0 Å². The van der Waals surface area contributed by atoms with Crippen molar-refractivity contribution in [2.45, 2.75) is 25.4 Å². The molecule has 2 rings (SSSR count). The van der Waals surface area contributed by atoms with E-state index in [9.17, 15) is 14.3 Å². The lowest BCUT2D eigenvalue weighted by Crippen LogP contribution is -2.48. The molecule has 1 amide bonds. The first-order valence-corrected chi connectivity index (χ1v) is 6.44. The fourth-order valence-electron chi connectivity index (χ4n) is 2.47. The van der Waals surface area contributed by atoms with Crippen LogP contribution in [0.2, 0.25) is 0 Å². The Labute approximate surface area is 112 Å². The summed E-state index contributed by atoms with van der Waals surface area (Å²) >= 11 is 0. The van der Waals surface area contributed by atoms with E-state index < -0.39 is 6.04 Å². The van der Waals surface area contributed by atoms with Crippen molar-refractivity contribution in [1.82, 2.24) is 4.90 Å². The van der Waals surface area contributed by atoms with Gasteiger partial charge in [0.15, 0.2) is 0 Å². The molecule has 1 aromatic rings. The summed E-state index contributed by atoms with van der Waals surface area (Å²) in [6, 6.07) is 5.44. The molecular formula is C14H19FN2O2. The number of anilines is 1. The number of nitrogens with zero attached hydrogens (tertiary/aromatic N) is 2. The van der Waals surface area contributed by atoms with Gasteiger partial charge < -0.3 is 10.0 Å². The van der Waals surface area contributed by atoms with Crippen LogP contribution in [0.1, 0.15) is 13.3 Å². The molecule has 2 unspecified atom stereocenters. The van der Waals surface area contributed by atoms with Crippen LogP contribution in [-0.2, 0) is 4.79 Å². The van der Waals surface area contributed by atoms with Crippen LogP contribution in [-0.4, -0.2) is 48.2 Å². The minimum absolute atomic E-state index is 0.0201. The maximum absolute atomic E-state index is 13.3. The van der Waals surface area contributed by atoms with Gasteiger partial charge >= 0.3 is 0 Å². The first kappa shape index (κ1) is 14.0. The van der Waals surface area contributed by atoms with Crippen LogP contribution >= 0.6 is 0 Å². The second-order valence-corrected chi connectivity index (χ2v) is 5.00. The maximum Gasteiger partial charge on any atom is 0.246 e. The van der Waals surface area contributed by atoms with E-state index in [2.05, 4.69) is 0 Å². The second-order valence-electron chi connectivity index (χ2n) is 5.00. The van der Waals surface area contributed by atoms with Crippen LogP contribution in [0.5, 0.6) is 0 Å². The average Bonchev–Trinajstić information content (AvgIpc) is 2.47. The third-order valence-corrected chi connectivity index (χ3v) is 3.65. The van der Waals surface area contributed by atoms with Crippen LogP contribution < -0.4 is 4.90 Å². The summed E-state index contributed by atoms with van der Waals surface area (Å²) in [6.45, 7) is 2.44. The molecule has 0 spiro atoms. The minimum atomic E-state index is -0.562. The lowest BCUT2D eigenvalue weighted by molar-refractivity contribution is -0.124. The second kappa shape index (κ2) is 5.67. The summed E-state index contributed by atoms with van der Waals surface area (Å²) in [7, 11) is 1.82. The van der Waals surface area contributed by atoms with Crippen molar-refractivity contribution in [3.05, 3.63) is 30.1 Å². The molecule has 104 valence electrons. The molecule has 19 heavy (non-hydrogen) atoms. The van der Waals surface area contributed by atoms with E-state index in [1.54, 1.807) is 17.0 Å². The Bertz CT molecular complexity index is 467. The fraction of sp³-hybridized carbons (Fsp3) is 0.500. The van der Waals surface area contributed by atoms with Gasteiger partial charge in [-0.05, 0) is 38.6 Å². The molecule has 1 aliphatic rings. The predicted octanol–water partition coefficient (Wildman–Crippen LogP) is 1.24. The van der Waals surface area contributed by atoms with E-state index in [1.807, 2.05) is 18.9 Å². The summed E-state index contributed by atoms with van der Waals surface area (Å²) in [4.78, 5) is 15.9. The highest BCUT2D eigenvalue weighted by Gasteiger charge is 2.34. The van der Waals surface area contributed by atoms with Gasteiger partial charge in [-0.3, -0.25) is 9.69 Å². The molecule has 0 saturated carbocycles. The monoisotopic (exact) mass is 266 g/mol. The zero-order valence-corrected chi connectivity index (χ0v) is 11.2. The van der Waals surface area contributed by atoms with Crippen LogP contribution in [0.3, 0.4) is 0 Å². The van der Waals surface area contributed by atoms with Crippen molar-refractivity contribution in [2.75, 3.05) is 25.1 Å². The number of aliphatic hydroxyl groups excluding tert-OH is 1. The third kappa shape index (κ3) is 2.77. The average molecular weight is 266 g/mol. The van der Waals surface area contributed by atoms with Crippen molar-refractivity contribution < 1.29 is 14.3 Å². The molecule has 1 N–H and O–H groups in total. The van der Waals surface area contributed by atoms with Crippen LogP contribution in [0.25, 0.3) is 0 Å². The quantitative estimate of drug-likeness (QED) is 0.876. The summed E-state index contributed by atoms with van der Waals surface area (Å²) in [5.74, 6) is -0.545. The lowest BCUT2D eigenvalue weighted by atomic mass is 10.1. The number of aliphatic hydroxyl groups is 1. The Kier molecular flexibility index (Phi) is 4.17. The standard InChI is InChI=1S/C14H19FN2O2/c1-10-6-7-16(2)13(9-18)14(19)17(10)12-5-3-4-11(15)8-12/h3-5,8,10,13,18H,6-7,9H2,1-2H3. The highest BCUT2D eigenvalue weighted by atomic mass is 19.1. The molecule has 0 aliphatic carbocycles. The molecule has 0 radical (unpaired) electrons. The number of benzene rings is 1. The predicted molar refractivity (Wildman–Crippen MR) is 71.5 cm³/mol. The number of likely N-dealkylation sites (N-methyl/N-ethyl adjacent to an activating group) is 1. The van der Waals surface area contributed by atoms with Gasteiger partial charge in [-0.15, -0.1) is 0 Å². The highest BCUT2D eigenvalue weighted by molar-refractivity contribution is 5.98. The number of halogens is 1. The molecular weight excluding hydrogens is 247 g/mol. The van der Waals surface area contributed by atoms with Crippen molar-refractivity contribution in [3.63, 3.8) is 0 Å². The van der Waals surface area contributed by atoms with Crippen molar-refractivity contribution in [1.29, 1.82) is 0 Å². The van der Waals surface area contributed by atoms with Crippen LogP contribution in [0.4, 0.5) is 10.1 Å². The summed E-state index contributed by atoms with van der Waals surface area (Å²) in [6.07, 6.45) is 0.787. The van der Waals surface area contributed by atoms with E-state index >= 15 is 0 Å². The normalized spacial score (nSPS) is 25.5. The third-order valence-electron chi connectivity index (χ3n) is 3.65. The highest BCUT2D eigenvalue weighted by Crippen LogP contribution is 2.24. The van der Waals surface area contributed by atoms with Crippen molar-refractivity contribution in [3.8, 4) is 0 Å². The van der Waals surface area contributed by atoms with Gasteiger partial charge in [0.05, 0.1) is 6.61 Å². The molecule has 4 nitrogen and oxygen atoms in total. The first-order valence-electron chi connectivity index (χ1n) is 6.44.